The van der Waals surface area contributed by atoms with E-state index in [9.17, 15) is 14.4 Å². The van der Waals surface area contributed by atoms with Gasteiger partial charge in [-0.1, -0.05) is 18.2 Å². The van der Waals surface area contributed by atoms with Crippen molar-refractivity contribution in [1.29, 1.82) is 0 Å². The van der Waals surface area contributed by atoms with Crippen LogP contribution in [0.1, 0.15) is 23.2 Å². The number of methoxy groups -OCH3 is 2. The highest BCUT2D eigenvalue weighted by Crippen LogP contribution is 2.29. The van der Waals surface area contributed by atoms with Gasteiger partial charge in [-0.05, 0) is 31.0 Å². The topological polar surface area (TPSA) is 89.9 Å². The van der Waals surface area contributed by atoms with Crippen molar-refractivity contribution in [2.45, 2.75) is 19.4 Å². The van der Waals surface area contributed by atoms with Crippen molar-refractivity contribution >= 4 is 34.2 Å². The SMILES string of the molecule is COc1ccc(OC)c(NC(=O)Cn2cc(C(=O)C(=O)N3CCCC3)c3ccccc32)c1. The fourth-order valence-electron chi connectivity index (χ4n) is 3.99. The van der Waals surface area contributed by atoms with Gasteiger partial charge < -0.3 is 24.3 Å². The number of fused-ring (bicyclic) bond motifs is 1. The Labute approximate surface area is 185 Å². The molecular weight excluding hydrogens is 410 g/mol. The molecule has 1 saturated heterocycles. The van der Waals surface area contributed by atoms with E-state index in [2.05, 4.69) is 5.32 Å². The first-order chi connectivity index (χ1) is 15.5. The largest absolute Gasteiger partial charge is 0.497 e. The number of likely N-dealkylation sites (tertiary alicyclic amines) is 1. The molecule has 0 saturated carbocycles. The van der Waals surface area contributed by atoms with Gasteiger partial charge in [0.25, 0.3) is 11.7 Å². The molecule has 0 radical (unpaired) electrons. The number of ether oxygens (including phenoxy) is 2. The van der Waals surface area contributed by atoms with E-state index < -0.39 is 11.7 Å². The molecule has 8 heteroatoms. The summed E-state index contributed by atoms with van der Waals surface area (Å²) in [6, 6.07) is 12.4. The molecule has 2 amide bonds. The van der Waals surface area contributed by atoms with Gasteiger partial charge in [0.2, 0.25) is 5.91 Å². The van der Waals surface area contributed by atoms with Crippen LogP contribution in [0.3, 0.4) is 0 Å². The average Bonchev–Trinajstić information content (AvgIpc) is 3.47. The molecule has 0 bridgehead atoms. The number of nitrogens with one attached hydrogen (secondary N) is 1. The molecule has 166 valence electrons. The smallest absolute Gasteiger partial charge is 0.295 e. The second-order valence-corrected chi connectivity index (χ2v) is 7.63. The van der Waals surface area contributed by atoms with Crippen molar-refractivity contribution in [2.75, 3.05) is 32.6 Å². The second kappa shape index (κ2) is 9.13. The van der Waals surface area contributed by atoms with Crippen LogP contribution >= 0.6 is 0 Å². The highest BCUT2D eigenvalue weighted by atomic mass is 16.5. The molecule has 0 unspecified atom stereocenters. The Hall–Kier alpha value is -3.81. The molecule has 0 atom stereocenters. The van der Waals surface area contributed by atoms with Crippen LogP contribution in [0.15, 0.2) is 48.7 Å². The summed E-state index contributed by atoms with van der Waals surface area (Å²) in [6.07, 6.45) is 3.41. The molecule has 2 aromatic carbocycles. The quantitative estimate of drug-likeness (QED) is 0.455. The van der Waals surface area contributed by atoms with Gasteiger partial charge in [-0.2, -0.15) is 0 Å². The van der Waals surface area contributed by atoms with Crippen molar-refractivity contribution < 1.29 is 23.9 Å². The van der Waals surface area contributed by atoms with Crippen molar-refractivity contribution in [3.63, 3.8) is 0 Å². The number of benzene rings is 2. The van der Waals surface area contributed by atoms with E-state index in [1.54, 1.807) is 47.0 Å². The summed E-state index contributed by atoms with van der Waals surface area (Å²) in [7, 11) is 3.06. The minimum Gasteiger partial charge on any atom is -0.497 e. The minimum absolute atomic E-state index is 0.0357. The predicted molar refractivity (Wildman–Crippen MR) is 120 cm³/mol. The molecule has 8 nitrogen and oxygen atoms in total. The van der Waals surface area contributed by atoms with Crippen LogP contribution in [0, 0.1) is 0 Å². The first-order valence-electron chi connectivity index (χ1n) is 10.4. The summed E-state index contributed by atoms with van der Waals surface area (Å²) in [5.74, 6) is -0.251. The number of carbonyl (C=O) groups is 3. The molecule has 1 aromatic heterocycles. The van der Waals surface area contributed by atoms with Crippen LogP contribution in [0.4, 0.5) is 5.69 Å². The van der Waals surface area contributed by atoms with Crippen LogP contribution in [0.2, 0.25) is 0 Å². The van der Waals surface area contributed by atoms with Crippen LogP contribution < -0.4 is 14.8 Å². The van der Waals surface area contributed by atoms with E-state index in [1.165, 1.54) is 7.11 Å². The minimum atomic E-state index is -0.545. The maximum absolute atomic E-state index is 13.0. The summed E-state index contributed by atoms with van der Waals surface area (Å²) in [5.41, 5.74) is 1.50. The lowest BCUT2D eigenvalue weighted by molar-refractivity contribution is -0.125. The number of Topliss-reactive ketones (excluding diaryl/α,β-unsaturated/α-hetero) is 1. The zero-order chi connectivity index (χ0) is 22.7. The first-order valence-corrected chi connectivity index (χ1v) is 10.4. The number of carbonyl (C=O) groups excluding carboxylic acids is 3. The Bertz CT molecular complexity index is 1180. The molecule has 32 heavy (non-hydrogen) atoms. The Morgan fingerprint density at radius 1 is 1.00 bits per heavy atom. The molecule has 0 aliphatic carbocycles. The summed E-state index contributed by atoms with van der Waals surface area (Å²) >= 11 is 0. The number of anilines is 1. The number of para-hydroxylation sites is 1. The van der Waals surface area contributed by atoms with E-state index in [1.807, 2.05) is 18.2 Å². The van der Waals surface area contributed by atoms with Crippen molar-refractivity contribution in [3.05, 3.63) is 54.2 Å². The number of amides is 2. The first kappa shape index (κ1) is 21.4. The van der Waals surface area contributed by atoms with E-state index in [0.29, 0.717) is 46.7 Å². The number of aromatic nitrogens is 1. The van der Waals surface area contributed by atoms with Gasteiger partial charge in [0.1, 0.15) is 18.0 Å². The molecule has 1 aliphatic heterocycles. The van der Waals surface area contributed by atoms with Gasteiger partial charge >= 0.3 is 0 Å². The van der Waals surface area contributed by atoms with Gasteiger partial charge in [0.05, 0.1) is 25.5 Å². The van der Waals surface area contributed by atoms with E-state index >= 15 is 0 Å². The lowest BCUT2D eigenvalue weighted by Crippen LogP contribution is -2.34. The van der Waals surface area contributed by atoms with Crippen LogP contribution in [-0.4, -0.2) is 54.4 Å². The predicted octanol–water partition coefficient (Wildman–Crippen LogP) is 3.10. The van der Waals surface area contributed by atoms with Crippen molar-refractivity contribution in [2.24, 2.45) is 0 Å². The standard InChI is InChI=1S/C24H25N3O5/c1-31-16-9-10-21(32-2)19(13-16)25-22(28)15-27-14-18(17-7-3-4-8-20(17)27)23(29)24(30)26-11-5-6-12-26/h3-4,7-10,13-14H,5-6,11-12,15H2,1-2H3,(H,25,28). The Morgan fingerprint density at radius 3 is 2.47 bits per heavy atom. The average molecular weight is 435 g/mol. The van der Waals surface area contributed by atoms with Gasteiger partial charge in [-0.15, -0.1) is 0 Å². The fraction of sp³-hybridized carbons (Fsp3) is 0.292. The summed E-state index contributed by atoms with van der Waals surface area (Å²) in [6.45, 7) is 1.17. The lowest BCUT2D eigenvalue weighted by atomic mass is 10.1. The van der Waals surface area contributed by atoms with E-state index in [4.69, 9.17) is 9.47 Å². The number of hydrogen-bond acceptors (Lipinski definition) is 5. The Morgan fingerprint density at radius 2 is 1.75 bits per heavy atom. The maximum Gasteiger partial charge on any atom is 0.295 e. The molecule has 1 N–H and O–H groups in total. The second-order valence-electron chi connectivity index (χ2n) is 7.63. The van der Waals surface area contributed by atoms with E-state index in [0.717, 1.165) is 12.8 Å². The van der Waals surface area contributed by atoms with Gasteiger partial charge in [0.15, 0.2) is 0 Å². The van der Waals surface area contributed by atoms with Crippen LogP contribution in [0.5, 0.6) is 11.5 Å². The Balaban J connectivity index is 1.59. The molecular formula is C24H25N3O5. The molecule has 4 rings (SSSR count). The molecule has 3 aromatic rings. The molecule has 2 heterocycles. The summed E-state index contributed by atoms with van der Waals surface area (Å²) < 4.78 is 12.2. The van der Waals surface area contributed by atoms with Crippen molar-refractivity contribution in [1.82, 2.24) is 9.47 Å². The third-order valence-corrected chi connectivity index (χ3v) is 5.62. The number of ketones is 1. The number of rotatable bonds is 7. The summed E-state index contributed by atoms with van der Waals surface area (Å²) in [5, 5.41) is 3.48. The van der Waals surface area contributed by atoms with Crippen LogP contribution in [-0.2, 0) is 16.1 Å². The zero-order valence-corrected chi connectivity index (χ0v) is 18.1. The van der Waals surface area contributed by atoms with Crippen molar-refractivity contribution in [3.8, 4) is 11.5 Å². The molecule has 1 fully saturated rings. The van der Waals surface area contributed by atoms with E-state index in [-0.39, 0.29) is 12.5 Å². The summed E-state index contributed by atoms with van der Waals surface area (Å²) in [4.78, 5) is 40.0. The number of nitrogens with zero attached hydrogens (tertiary/aromatic N) is 2. The molecule has 1 aliphatic rings. The maximum atomic E-state index is 13.0. The Kier molecular flexibility index (Phi) is 6.11. The normalized spacial score (nSPS) is 13.2. The highest BCUT2D eigenvalue weighted by Gasteiger charge is 2.28. The lowest BCUT2D eigenvalue weighted by Gasteiger charge is -2.13. The fourth-order valence-corrected chi connectivity index (χ4v) is 3.99. The monoisotopic (exact) mass is 435 g/mol. The van der Waals surface area contributed by atoms with Gasteiger partial charge in [-0.25, -0.2) is 0 Å². The molecule has 0 spiro atoms. The zero-order valence-electron chi connectivity index (χ0n) is 18.1. The van der Waals surface area contributed by atoms with Gasteiger partial charge in [-0.3, -0.25) is 14.4 Å². The third kappa shape index (κ3) is 4.16. The number of hydrogen-bond donors (Lipinski definition) is 1. The highest BCUT2D eigenvalue weighted by molar-refractivity contribution is 6.45. The van der Waals surface area contributed by atoms with Crippen LogP contribution in [0.25, 0.3) is 10.9 Å². The van der Waals surface area contributed by atoms with Gasteiger partial charge in [0, 0.05) is 36.3 Å². The third-order valence-electron chi connectivity index (χ3n) is 5.62.